The van der Waals surface area contributed by atoms with E-state index in [0.717, 1.165) is 11.1 Å². The van der Waals surface area contributed by atoms with Gasteiger partial charge in [-0.15, -0.1) is 0 Å². The Hall–Kier alpha value is -3.62. The summed E-state index contributed by atoms with van der Waals surface area (Å²) in [6, 6.07) is 18.0. The van der Waals surface area contributed by atoms with Crippen LogP contribution in [0, 0.1) is 0 Å². The lowest BCUT2D eigenvalue weighted by Crippen LogP contribution is -2.07. The fraction of sp³-hybridized carbons (Fsp3) is 0.0455. The van der Waals surface area contributed by atoms with Gasteiger partial charge in [-0.3, -0.25) is 9.78 Å². The highest BCUT2D eigenvalue weighted by Gasteiger charge is 2.18. The van der Waals surface area contributed by atoms with Crippen molar-refractivity contribution in [3.05, 3.63) is 95.9 Å². The molecule has 4 rings (SSSR count). The van der Waals surface area contributed by atoms with E-state index < -0.39 is 11.1 Å². The quantitative estimate of drug-likeness (QED) is 0.366. The van der Waals surface area contributed by atoms with E-state index in [2.05, 4.69) is 10.1 Å². The molecule has 3 N–H and O–H groups in total. The molecule has 1 unspecified atom stereocenters. The third-order valence-corrected chi connectivity index (χ3v) is 5.22. The van der Waals surface area contributed by atoms with Crippen LogP contribution in [0.15, 0.2) is 79.3 Å². The molecule has 2 aromatic heterocycles. The summed E-state index contributed by atoms with van der Waals surface area (Å²) < 4.78 is 21.4. The largest absolute Gasteiger partial charge is 0.383 e. The summed E-state index contributed by atoms with van der Waals surface area (Å²) in [4.78, 5) is 17.2. The maximum absolute atomic E-state index is 13.1. The average Bonchev–Trinajstić information content (AvgIpc) is 3.15. The van der Waals surface area contributed by atoms with Crippen molar-refractivity contribution >= 4 is 22.7 Å². The SMILES string of the molecule is Nc1c(C(=O)c2cccc(-c3cccnc3)c2)cnn1-c1ccc(CS(=O)O)cc1. The van der Waals surface area contributed by atoms with Gasteiger partial charge in [0.1, 0.15) is 5.82 Å². The van der Waals surface area contributed by atoms with Crippen LogP contribution in [0.4, 0.5) is 5.82 Å². The molecule has 4 aromatic rings. The Labute approximate surface area is 175 Å². The number of carbonyl (C=O) groups excluding carboxylic acids is 1. The predicted octanol–water partition coefficient (Wildman–Crippen LogP) is 3.47. The normalized spacial score (nSPS) is 11.9. The number of pyridine rings is 1. The van der Waals surface area contributed by atoms with Crippen molar-refractivity contribution in [2.24, 2.45) is 0 Å². The number of nitrogen functional groups attached to an aromatic ring is 1. The van der Waals surface area contributed by atoms with Crippen molar-refractivity contribution in [2.45, 2.75) is 5.75 Å². The monoisotopic (exact) mass is 418 g/mol. The highest BCUT2D eigenvalue weighted by atomic mass is 32.2. The Morgan fingerprint density at radius 1 is 1.03 bits per heavy atom. The van der Waals surface area contributed by atoms with Gasteiger partial charge in [0, 0.05) is 23.5 Å². The lowest BCUT2D eigenvalue weighted by Gasteiger charge is -2.07. The first-order chi connectivity index (χ1) is 14.5. The van der Waals surface area contributed by atoms with Crippen LogP contribution < -0.4 is 5.73 Å². The van der Waals surface area contributed by atoms with Gasteiger partial charge in [-0.2, -0.15) is 5.10 Å². The molecule has 0 radical (unpaired) electrons. The van der Waals surface area contributed by atoms with E-state index in [1.807, 2.05) is 24.3 Å². The van der Waals surface area contributed by atoms with Gasteiger partial charge in [0.05, 0.1) is 23.2 Å². The van der Waals surface area contributed by atoms with E-state index in [0.29, 0.717) is 22.4 Å². The van der Waals surface area contributed by atoms with E-state index in [9.17, 15) is 9.00 Å². The Balaban J connectivity index is 1.62. The minimum Gasteiger partial charge on any atom is -0.383 e. The smallest absolute Gasteiger partial charge is 0.198 e. The number of benzene rings is 2. The molecule has 30 heavy (non-hydrogen) atoms. The van der Waals surface area contributed by atoms with Crippen molar-refractivity contribution in [3.8, 4) is 16.8 Å². The molecule has 0 aliphatic heterocycles. The molecule has 0 saturated carbocycles. The van der Waals surface area contributed by atoms with Crippen LogP contribution in [-0.4, -0.2) is 29.3 Å². The van der Waals surface area contributed by atoms with Gasteiger partial charge < -0.3 is 10.3 Å². The minimum atomic E-state index is -1.91. The second-order valence-electron chi connectivity index (χ2n) is 6.64. The number of nitrogens with two attached hydrogens (primary N) is 1. The second-order valence-corrected chi connectivity index (χ2v) is 7.57. The highest BCUT2D eigenvalue weighted by molar-refractivity contribution is 7.78. The van der Waals surface area contributed by atoms with Crippen LogP contribution in [0.3, 0.4) is 0 Å². The van der Waals surface area contributed by atoms with E-state index in [1.165, 1.54) is 10.9 Å². The highest BCUT2D eigenvalue weighted by Crippen LogP contribution is 2.24. The van der Waals surface area contributed by atoms with Crippen molar-refractivity contribution in [2.75, 3.05) is 5.73 Å². The Morgan fingerprint density at radius 3 is 2.50 bits per heavy atom. The number of anilines is 1. The first-order valence-corrected chi connectivity index (χ1v) is 10.4. The number of carbonyl (C=O) groups is 1. The summed E-state index contributed by atoms with van der Waals surface area (Å²) in [6.45, 7) is 0. The summed E-state index contributed by atoms with van der Waals surface area (Å²) in [7, 11) is 0. The molecule has 0 aliphatic carbocycles. The van der Waals surface area contributed by atoms with Gasteiger partial charge in [-0.1, -0.05) is 36.4 Å². The van der Waals surface area contributed by atoms with Gasteiger partial charge in [-0.25, -0.2) is 8.89 Å². The molecule has 0 bridgehead atoms. The Kier molecular flexibility index (Phi) is 5.51. The predicted molar refractivity (Wildman–Crippen MR) is 116 cm³/mol. The van der Waals surface area contributed by atoms with Crippen LogP contribution in [0.1, 0.15) is 21.5 Å². The first-order valence-electron chi connectivity index (χ1n) is 9.08. The molecule has 0 saturated heterocycles. The van der Waals surface area contributed by atoms with Crippen LogP contribution in [-0.2, 0) is 16.8 Å². The molecule has 1 atom stereocenters. The maximum Gasteiger partial charge on any atom is 0.198 e. The third kappa shape index (κ3) is 4.05. The van der Waals surface area contributed by atoms with Crippen molar-refractivity contribution in [1.82, 2.24) is 14.8 Å². The second kappa shape index (κ2) is 8.40. The molecule has 0 fully saturated rings. The molecule has 150 valence electrons. The van der Waals surface area contributed by atoms with E-state index in [4.69, 9.17) is 10.3 Å². The van der Waals surface area contributed by atoms with E-state index in [1.54, 1.807) is 48.8 Å². The molecule has 0 aliphatic rings. The van der Waals surface area contributed by atoms with Gasteiger partial charge >= 0.3 is 0 Å². The first kappa shape index (κ1) is 19.7. The summed E-state index contributed by atoms with van der Waals surface area (Å²) in [5.41, 5.74) is 10.2. The Morgan fingerprint density at radius 2 is 1.80 bits per heavy atom. The number of hydrogen-bond acceptors (Lipinski definition) is 5. The Bertz CT molecular complexity index is 1220. The summed E-state index contributed by atoms with van der Waals surface area (Å²) in [6.07, 6.45) is 4.89. The molecule has 7 nitrogen and oxygen atoms in total. The lowest BCUT2D eigenvalue weighted by molar-refractivity contribution is 0.103. The number of nitrogens with zero attached hydrogens (tertiary/aromatic N) is 3. The number of aromatic nitrogens is 3. The van der Waals surface area contributed by atoms with E-state index in [-0.39, 0.29) is 17.4 Å². The topological polar surface area (TPSA) is 111 Å². The molecular weight excluding hydrogens is 400 g/mol. The zero-order valence-electron chi connectivity index (χ0n) is 15.8. The molecule has 0 spiro atoms. The fourth-order valence-corrected chi connectivity index (χ4v) is 3.62. The maximum atomic E-state index is 13.1. The minimum absolute atomic E-state index is 0.0475. The summed E-state index contributed by atoms with van der Waals surface area (Å²) in [5.74, 6) is 0.0494. The number of ketones is 1. The van der Waals surface area contributed by atoms with Crippen LogP contribution in [0.5, 0.6) is 0 Å². The summed E-state index contributed by atoms with van der Waals surface area (Å²) in [5, 5.41) is 4.26. The molecular formula is C22H18N4O3S. The van der Waals surface area contributed by atoms with Gasteiger partial charge in [0.15, 0.2) is 16.9 Å². The zero-order chi connectivity index (χ0) is 21.1. The zero-order valence-corrected chi connectivity index (χ0v) is 16.6. The van der Waals surface area contributed by atoms with Crippen molar-refractivity contribution in [1.29, 1.82) is 0 Å². The summed E-state index contributed by atoms with van der Waals surface area (Å²) >= 11 is -1.91. The average molecular weight is 418 g/mol. The van der Waals surface area contributed by atoms with Gasteiger partial charge in [0.2, 0.25) is 0 Å². The molecule has 2 aromatic carbocycles. The van der Waals surface area contributed by atoms with Gasteiger partial charge in [-0.05, 0) is 35.4 Å². The standard InChI is InChI=1S/C22H18N4O3S/c23-22-20(13-25-26(22)19-8-6-15(7-9-19)14-30(28)29)21(27)17-4-1-3-16(11-17)18-5-2-10-24-12-18/h1-13H,14,23H2,(H,28,29). The molecule has 2 heterocycles. The van der Waals surface area contributed by atoms with E-state index >= 15 is 0 Å². The number of rotatable bonds is 6. The molecule has 8 heteroatoms. The lowest BCUT2D eigenvalue weighted by atomic mass is 10.00. The van der Waals surface area contributed by atoms with Crippen molar-refractivity contribution < 1.29 is 13.6 Å². The van der Waals surface area contributed by atoms with Gasteiger partial charge in [0.25, 0.3) is 0 Å². The fourth-order valence-electron chi connectivity index (χ4n) is 3.14. The van der Waals surface area contributed by atoms with Crippen LogP contribution in [0.2, 0.25) is 0 Å². The van der Waals surface area contributed by atoms with Crippen LogP contribution >= 0.6 is 0 Å². The number of hydrogen-bond donors (Lipinski definition) is 2. The van der Waals surface area contributed by atoms with Crippen molar-refractivity contribution in [3.63, 3.8) is 0 Å². The molecule has 0 amide bonds. The van der Waals surface area contributed by atoms with Crippen LogP contribution in [0.25, 0.3) is 16.8 Å². The third-order valence-electron chi connectivity index (χ3n) is 4.64.